The Kier molecular flexibility index (Phi) is 18.6. The van der Waals surface area contributed by atoms with Crippen LogP contribution in [0.15, 0.2) is 30.5 Å². The van der Waals surface area contributed by atoms with Crippen molar-refractivity contribution in [2.45, 2.75) is 50.1 Å². The number of nitrogens with one attached hydrogen (secondary N) is 1. The van der Waals surface area contributed by atoms with E-state index in [4.69, 9.17) is 0 Å². The third kappa shape index (κ3) is 14.3. The summed E-state index contributed by atoms with van der Waals surface area (Å²) in [6.45, 7) is 0.0807. The van der Waals surface area contributed by atoms with Crippen molar-refractivity contribution in [3.8, 4) is 6.07 Å². The van der Waals surface area contributed by atoms with Crippen molar-refractivity contribution in [1.29, 1.82) is 5.26 Å². The van der Waals surface area contributed by atoms with Gasteiger partial charge in [-0.3, -0.25) is 58.0 Å². The molecular weight excluding hydrogens is 910 g/mol. The van der Waals surface area contributed by atoms with Gasteiger partial charge in [0.1, 0.15) is 12.1 Å². The number of carboxylic acids is 3. The molecule has 1 aromatic heterocycles. The molecule has 0 bridgehead atoms. The summed E-state index contributed by atoms with van der Waals surface area (Å²) in [5, 5.41) is 40.8. The second kappa shape index (κ2) is 23.4. The molecule has 5 rings (SSSR count). The first kappa shape index (κ1) is 51.8. The molecule has 0 saturated carbocycles. The van der Waals surface area contributed by atoms with Crippen LogP contribution in [0.25, 0.3) is 10.9 Å². The Balaban J connectivity index is 0.00000925. The number of carbonyl (C=O) groups excluding carboxylic acids is 5. The number of nitriles is 1. The molecule has 357 valence electrons. The van der Waals surface area contributed by atoms with Crippen molar-refractivity contribution in [2.24, 2.45) is 0 Å². The van der Waals surface area contributed by atoms with E-state index in [-0.39, 0.29) is 139 Å². The van der Waals surface area contributed by atoms with Gasteiger partial charge in [0.25, 0.3) is 11.8 Å². The van der Waals surface area contributed by atoms with E-state index in [1.165, 1.54) is 24.2 Å². The van der Waals surface area contributed by atoms with Gasteiger partial charge < -0.3 is 40.2 Å². The first-order valence-electron chi connectivity index (χ1n) is 20.8. The first-order chi connectivity index (χ1) is 30.3. The summed E-state index contributed by atoms with van der Waals surface area (Å²) < 4.78 is 27.7. The number of nitrogens with zero attached hydrogens (tertiary/aromatic N) is 9. The second-order valence-corrected chi connectivity index (χ2v) is 16.0. The number of piperazine rings is 1. The Bertz CT molecular complexity index is 2130. The van der Waals surface area contributed by atoms with E-state index in [1.807, 2.05) is 0 Å². The standard InChI is InChI=1S/C41H52F2N10O11.Cu/c1-47(27-2-3-31-30(20-27)29(8-9-45-31)39(62)46-23-36(57)53-26-41(42,43)21-28(53)22-44)33(54)6-7-35(56)52-18-16-51(17-19-52)34(55)5-4-32(40(63)64)50-14-12-48(24-37(58)59)10-11-49(13-15-50)25-38(60)61;/h2-3,8-9,20,28,32H,4-7,10-19,21,23-26H2,1H3,(H,46,62)(H,58,59)(H,60,61)(H,63,64);/t28-,32?;/m0./s1. The van der Waals surface area contributed by atoms with Gasteiger partial charge in [-0.15, -0.1) is 0 Å². The van der Waals surface area contributed by atoms with E-state index in [0.717, 1.165) is 4.90 Å². The number of rotatable bonds is 16. The van der Waals surface area contributed by atoms with Crippen LogP contribution in [-0.4, -0.2) is 214 Å². The molecule has 2 aromatic rings. The largest absolute Gasteiger partial charge is 0.480 e. The molecule has 3 saturated heterocycles. The number of aromatic nitrogens is 1. The van der Waals surface area contributed by atoms with Gasteiger partial charge in [-0.2, -0.15) is 5.26 Å². The Labute approximate surface area is 383 Å². The third-order valence-electron chi connectivity index (χ3n) is 11.6. The fourth-order valence-corrected chi connectivity index (χ4v) is 8.03. The second-order valence-electron chi connectivity index (χ2n) is 16.0. The van der Waals surface area contributed by atoms with Gasteiger partial charge in [0.2, 0.25) is 23.6 Å². The molecule has 65 heavy (non-hydrogen) atoms. The van der Waals surface area contributed by atoms with Crippen LogP contribution in [0.1, 0.15) is 42.5 Å². The van der Waals surface area contributed by atoms with Gasteiger partial charge in [0, 0.05) is 133 Å². The zero-order valence-corrected chi connectivity index (χ0v) is 36.6. The van der Waals surface area contributed by atoms with Crippen LogP contribution in [0.3, 0.4) is 0 Å². The number of benzene rings is 1. The van der Waals surface area contributed by atoms with Crippen molar-refractivity contribution >= 4 is 64.0 Å². The van der Waals surface area contributed by atoms with E-state index >= 15 is 0 Å². The first-order valence-corrected chi connectivity index (χ1v) is 20.8. The summed E-state index contributed by atoms with van der Waals surface area (Å²) >= 11 is 0. The van der Waals surface area contributed by atoms with Crippen LogP contribution in [0.2, 0.25) is 0 Å². The number of carbonyl (C=O) groups is 8. The van der Waals surface area contributed by atoms with Crippen LogP contribution < -0.4 is 10.2 Å². The van der Waals surface area contributed by atoms with E-state index in [0.29, 0.717) is 16.6 Å². The number of aliphatic carboxylic acids is 3. The molecule has 3 fully saturated rings. The number of carboxylic acid groups (broad SMARTS) is 3. The number of likely N-dealkylation sites (tertiary alicyclic amines) is 1. The average Bonchev–Trinajstić information content (AvgIpc) is 3.63. The minimum Gasteiger partial charge on any atom is -0.480 e. The molecule has 1 aromatic carbocycles. The quantitative estimate of drug-likeness (QED) is 0.154. The normalized spacial score (nSPS) is 18.9. The van der Waals surface area contributed by atoms with Crippen LogP contribution in [0, 0.1) is 11.3 Å². The zero-order chi connectivity index (χ0) is 46.7. The molecule has 1 radical (unpaired) electrons. The van der Waals surface area contributed by atoms with Crippen LogP contribution >= 0.6 is 0 Å². The summed E-state index contributed by atoms with van der Waals surface area (Å²) in [4.78, 5) is 115. The van der Waals surface area contributed by atoms with E-state index < -0.39 is 73.1 Å². The van der Waals surface area contributed by atoms with Crippen LogP contribution in [0.4, 0.5) is 14.5 Å². The molecule has 2 atom stereocenters. The summed E-state index contributed by atoms with van der Waals surface area (Å²) in [6, 6.07) is 5.41. The number of amides is 5. The van der Waals surface area contributed by atoms with Gasteiger partial charge in [0.05, 0.1) is 43.3 Å². The molecule has 5 amide bonds. The average molecular weight is 962 g/mol. The summed E-state index contributed by atoms with van der Waals surface area (Å²) in [7, 11) is 1.50. The van der Waals surface area contributed by atoms with Crippen LogP contribution in [0.5, 0.6) is 0 Å². The van der Waals surface area contributed by atoms with Crippen molar-refractivity contribution in [3.63, 3.8) is 0 Å². The van der Waals surface area contributed by atoms with Gasteiger partial charge in [-0.1, -0.05) is 0 Å². The molecular formula is C41H52CuF2N10O11. The van der Waals surface area contributed by atoms with Gasteiger partial charge in [0.15, 0.2) is 0 Å². The fourth-order valence-electron chi connectivity index (χ4n) is 8.03. The molecule has 3 aliphatic rings. The Hall–Kier alpha value is -5.86. The number of halogens is 2. The Morgan fingerprint density at radius 3 is 1.95 bits per heavy atom. The molecule has 21 nitrogen and oxygen atoms in total. The molecule has 0 aliphatic carbocycles. The van der Waals surface area contributed by atoms with Gasteiger partial charge in [-0.05, 0) is 30.7 Å². The molecule has 0 spiro atoms. The monoisotopic (exact) mass is 961 g/mol. The fraction of sp³-hybridized carbons (Fsp3) is 0.561. The molecule has 1 unspecified atom stereocenters. The number of hydrogen-bond acceptors (Lipinski definition) is 13. The van der Waals surface area contributed by atoms with Crippen molar-refractivity contribution in [3.05, 3.63) is 36.0 Å². The SMILES string of the molecule is CN(C(=O)CCC(=O)N1CCN(C(=O)CCC(C(=O)O)N2CCN(CC(=O)O)CCN(CC(=O)O)CC2)CC1)c1ccc2nccc(C(=O)NCC(=O)N3CC(F)(F)C[C@H]3C#N)c2c1.[Cu]. The minimum atomic E-state index is -3.21. The van der Waals surface area contributed by atoms with Gasteiger partial charge in [-0.25, -0.2) is 8.78 Å². The minimum absolute atomic E-state index is 0. The van der Waals surface area contributed by atoms with E-state index in [1.54, 1.807) is 48.8 Å². The molecule has 4 heterocycles. The number of anilines is 1. The number of fused-ring (bicyclic) bond motifs is 1. The number of hydrogen-bond donors (Lipinski definition) is 4. The predicted octanol–water partition coefficient (Wildman–Crippen LogP) is -0.542. The van der Waals surface area contributed by atoms with Crippen LogP contribution in [-0.2, 0) is 50.6 Å². The maximum absolute atomic E-state index is 13.8. The molecule has 4 N–H and O–H groups in total. The predicted molar refractivity (Wildman–Crippen MR) is 221 cm³/mol. The van der Waals surface area contributed by atoms with Crippen molar-refractivity contribution in [1.82, 2.24) is 39.7 Å². The summed E-state index contributed by atoms with van der Waals surface area (Å²) in [5.41, 5.74) is 0.861. The summed E-state index contributed by atoms with van der Waals surface area (Å²) in [5.74, 6) is -9.08. The third-order valence-corrected chi connectivity index (χ3v) is 11.6. The maximum atomic E-state index is 13.8. The van der Waals surface area contributed by atoms with E-state index in [2.05, 4.69) is 10.3 Å². The van der Waals surface area contributed by atoms with E-state index in [9.17, 15) is 67.7 Å². The van der Waals surface area contributed by atoms with Crippen molar-refractivity contribution < 1.29 is 79.5 Å². The number of alkyl halides is 2. The zero-order valence-electron chi connectivity index (χ0n) is 35.7. The maximum Gasteiger partial charge on any atom is 0.320 e. The number of pyridine rings is 1. The Morgan fingerprint density at radius 1 is 0.831 bits per heavy atom. The topological polar surface area (TPSA) is 269 Å². The summed E-state index contributed by atoms with van der Waals surface area (Å²) in [6.07, 6.45) is 0.140. The smallest absolute Gasteiger partial charge is 0.320 e. The Morgan fingerprint density at radius 2 is 1.40 bits per heavy atom. The molecule has 3 aliphatic heterocycles. The molecule has 24 heteroatoms. The van der Waals surface area contributed by atoms with Gasteiger partial charge >= 0.3 is 17.9 Å². The van der Waals surface area contributed by atoms with Crippen molar-refractivity contribution in [2.75, 3.05) is 104 Å².